The summed E-state index contributed by atoms with van der Waals surface area (Å²) in [6.45, 7) is 0. The van der Waals surface area contributed by atoms with E-state index in [0.29, 0.717) is 34.0 Å². The van der Waals surface area contributed by atoms with Crippen LogP contribution in [0.25, 0.3) is 33.4 Å². The molecule has 0 saturated heterocycles. The molecule has 0 spiro atoms. The smallest absolute Gasteiger partial charge is 0.165 e. The van der Waals surface area contributed by atoms with Gasteiger partial charge in [-0.2, -0.15) is 0 Å². The highest BCUT2D eigenvalue weighted by Crippen LogP contribution is 2.38. The van der Waals surface area contributed by atoms with Crippen molar-refractivity contribution < 1.29 is 14.2 Å². The predicted octanol–water partition coefficient (Wildman–Crippen LogP) is 3.97. The van der Waals surface area contributed by atoms with Crippen molar-refractivity contribution >= 4 is 16.9 Å². The lowest BCUT2D eigenvalue weighted by atomic mass is 9.99. The van der Waals surface area contributed by atoms with Crippen LogP contribution < -0.4 is 19.9 Å². The molecule has 0 atom stereocenters. The Labute approximate surface area is 168 Å². The Kier molecular flexibility index (Phi) is 4.87. The molecule has 0 aliphatic rings. The summed E-state index contributed by atoms with van der Waals surface area (Å²) < 4.78 is 16.2. The number of pyridine rings is 1. The molecule has 0 unspecified atom stereocenters. The van der Waals surface area contributed by atoms with Crippen LogP contribution in [0.5, 0.6) is 17.2 Å². The number of hydrogen-bond donors (Lipinski definition) is 1. The number of methoxy groups -OCH3 is 3. The molecular weight excluding hydrogens is 368 g/mol. The Morgan fingerprint density at radius 3 is 2.17 bits per heavy atom. The van der Waals surface area contributed by atoms with E-state index >= 15 is 0 Å². The van der Waals surface area contributed by atoms with Crippen LogP contribution in [0.2, 0.25) is 0 Å². The van der Waals surface area contributed by atoms with Crippen LogP contribution >= 0.6 is 0 Å². The van der Waals surface area contributed by atoms with Crippen molar-refractivity contribution in [2.45, 2.75) is 0 Å². The van der Waals surface area contributed by atoms with E-state index in [1.807, 2.05) is 48.5 Å². The summed E-state index contributed by atoms with van der Waals surface area (Å²) in [7, 11) is 4.88. The molecule has 7 nitrogen and oxygen atoms in total. The number of aromatic nitrogens is 3. The largest absolute Gasteiger partial charge is 0.497 e. The molecule has 0 aliphatic heterocycles. The molecule has 0 radical (unpaired) electrons. The fourth-order valence-corrected chi connectivity index (χ4v) is 3.24. The van der Waals surface area contributed by atoms with Crippen molar-refractivity contribution in [1.29, 1.82) is 0 Å². The number of nitrogens with two attached hydrogens (primary N) is 1. The van der Waals surface area contributed by atoms with Crippen LogP contribution in [0.4, 0.5) is 5.82 Å². The van der Waals surface area contributed by atoms with Gasteiger partial charge < -0.3 is 19.9 Å². The van der Waals surface area contributed by atoms with E-state index in [0.717, 1.165) is 22.4 Å². The number of nitrogens with zero attached hydrogens (tertiary/aromatic N) is 3. The highest BCUT2D eigenvalue weighted by atomic mass is 16.5. The van der Waals surface area contributed by atoms with Gasteiger partial charge in [0.1, 0.15) is 29.4 Å². The molecule has 2 aromatic heterocycles. The minimum absolute atomic E-state index is 0.373. The molecule has 146 valence electrons. The Hall–Kier alpha value is -3.87. The maximum absolute atomic E-state index is 6.18. The summed E-state index contributed by atoms with van der Waals surface area (Å²) >= 11 is 0. The monoisotopic (exact) mass is 388 g/mol. The molecule has 2 N–H and O–H groups in total. The zero-order valence-corrected chi connectivity index (χ0v) is 16.3. The van der Waals surface area contributed by atoms with E-state index in [-0.39, 0.29) is 0 Å². The number of hydrogen-bond acceptors (Lipinski definition) is 7. The summed E-state index contributed by atoms with van der Waals surface area (Å²) in [6.07, 6.45) is 1.41. The van der Waals surface area contributed by atoms with Crippen molar-refractivity contribution in [2.75, 3.05) is 27.1 Å². The standard InChI is InChI=1S/C22H20N4O3/c1-27-14-6-4-13(5-7-14)16-11-18(26-22-20(16)21(23)24-12-25-22)17-10-15(28-2)8-9-19(17)29-3/h4-12H,1-3H3,(H2,23,24,25,26). The third kappa shape index (κ3) is 3.38. The van der Waals surface area contributed by atoms with Gasteiger partial charge in [-0.15, -0.1) is 0 Å². The second-order valence-corrected chi connectivity index (χ2v) is 6.31. The molecule has 0 bridgehead atoms. The van der Waals surface area contributed by atoms with E-state index in [9.17, 15) is 0 Å². The first kappa shape index (κ1) is 18.5. The van der Waals surface area contributed by atoms with E-state index in [1.54, 1.807) is 21.3 Å². The van der Waals surface area contributed by atoms with E-state index < -0.39 is 0 Å². The van der Waals surface area contributed by atoms with Crippen molar-refractivity contribution in [2.24, 2.45) is 0 Å². The van der Waals surface area contributed by atoms with Crippen molar-refractivity contribution in [3.05, 3.63) is 54.9 Å². The van der Waals surface area contributed by atoms with Gasteiger partial charge in [-0.05, 0) is 47.5 Å². The van der Waals surface area contributed by atoms with Gasteiger partial charge in [0.25, 0.3) is 0 Å². The van der Waals surface area contributed by atoms with Crippen LogP contribution in [-0.4, -0.2) is 36.3 Å². The molecular formula is C22H20N4O3. The Morgan fingerprint density at radius 2 is 1.48 bits per heavy atom. The van der Waals surface area contributed by atoms with Gasteiger partial charge in [0, 0.05) is 5.56 Å². The van der Waals surface area contributed by atoms with Crippen LogP contribution in [-0.2, 0) is 0 Å². The van der Waals surface area contributed by atoms with Crippen molar-refractivity contribution in [3.8, 4) is 39.6 Å². The third-order valence-electron chi connectivity index (χ3n) is 4.72. The molecule has 4 aromatic rings. The molecule has 0 fully saturated rings. The lowest BCUT2D eigenvalue weighted by molar-refractivity contribution is 0.404. The molecule has 0 aliphatic carbocycles. The number of rotatable bonds is 5. The first-order chi connectivity index (χ1) is 14.1. The molecule has 4 rings (SSSR count). The average molecular weight is 388 g/mol. The number of benzene rings is 2. The molecule has 2 aromatic carbocycles. The normalized spacial score (nSPS) is 10.7. The second kappa shape index (κ2) is 7.63. The number of ether oxygens (including phenoxy) is 3. The molecule has 2 heterocycles. The highest BCUT2D eigenvalue weighted by molar-refractivity contribution is 6.01. The topological polar surface area (TPSA) is 92.4 Å². The summed E-state index contributed by atoms with van der Waals surface area (Å²) in [5.74, 6) is 2.53. The quantitative estimate of drug-likeness (QED) is 0.553. The lowest BCUT2D eigenvalue weighted by Gasteiger charge is -2.14. The number of nitrogen functional groups attached to an aromatic ring is 1. The van der Waals surface area contributed by atoms with Gasteiger partial charge in [0.05, 0.1) is 32.4 Å². The van der Waals surface area contributed by atoms with Crippen molar-refractivity contribution in [3.63, 3.8) is 0 Å². The maximum Gasteiger partial charge on any atom is 0.165 e. The lowest BCUT2D eigenvalue weighted by Crippen LogP contribution is -1.99. The van der Waals surface area contributed by atoms with Gasteiger partial charge in [-0.1, -0.05) is 12.1 Å². The fourth-order valence-electron chi connectivity index (χ4n) is 3.24. The Bertz CT molecular complexity index is 1180. The summed E-state index contributed by atoms with van der Waals surface area (Å²) in [4.78, 5) is 13.2. The third-order valence-corrected chi connectivity index (χ3v) is 4.72. The minimum atomic E-state index is 0.373. The van der Waals surface area contributed by atoms with Crippen LogP contribution in [0.15, 0.2) is 54.9 Å². The van der Waals surface area contributed by atoms with Crippen LogP contribution in [0.3, 0.4) is 0 Å². The zero-order chi connectivity index (χ0) is 20.4. The van der Waals surface area contributed by atoms with Gasteiger partial charge in [-0.3, -0.25) is 0 Å². The van der Waals surface area contributed by atoms with E-state index in [2.05, 4.69) is 9.97 Å². The first-order valence-electron chi connectivity index (χ1n) is 8.92. The van der Waals surface area contributed by atoms with Crippen LogP contribution in [0.1, 0.15) is 0 Å². The van der Waals surface area contributed by atoms with Gasteiger partial charge in [-0.25, -0.2) is 15.0 Å². The highest BCUT2D eigenvalue weighted by Gasteiger charge is 2.16. The van der Waals surface area contributed by atoms with Gasteiger partial charge >= 0.3 is 0 Å². The number of anilines is 1. The first-order valence-corrected chi connectivity index (χ1v) is 8.92. The molecule has 29 heavy (non-hydrogen) atoms. The van der Waals surface area contributed by atoms with Gasteiger partial charge in [0.2, 0.25) is 0 Å². The SMILES string of the molecule is COc1ccc(-c2cc(-c3cc(OC)ccc3OC)nc3ncnc(N)c23)cc1. The van der Waals surface area contributed by atoms with E-state index in [4.69, 9.17) is 24.9 Å². The maximum atomic E-state index is 6.18. The molecule has 7 heteroatoms. The van der Waals surface area contributed by atoms with Crippen LogP contribution in [0, 0.1) is 0 Å². The van der Waals surface area contributed by atoms with E-state index in [1.165, 1.54) is 6.33 Å². The minimum Gasteiger partial charge on any atom is -0.497 e. The predicted molar refractivity (Wildman–Crippen MR) is 112 cm³/mol. The zero-order valence-electron chi connectivity index (χ0n) is 16.3. The second-order valence-electron chi connectivity index (χ2n) is 6.31. The average Bonchev–Trinajstić information content (AvgIpc) is 2.78. The fraction of sp³-hybridized carbons (Fsp3) is 0.136. The Balaban J connectivity index is 2.00. The molecule has 0 saturated carbocycles. The Morgan fingerprint density at radius 1 is 0.759 bits per heavy atom. The van der Waals surface area contributed by atoms with Crippen molar-refractivity contribution in [1.82, 2.24) is 15.0 Å². The summed E-state index contributed by atoms with van der Waals surface area (Å²) in [5, 5.41) is 0.697. The van der Waals surface area contributed by atoms with Gasteiger partial charge in [0.15, 0.2) is 5.65 Å². The number of fused-ring (bicyclic) bond motifs is 1. The summed E-state index contributed by atoms with van der Waals surface area (Å²) in [5.41, 5.74) is 9.99. The molecule has 0 amide bonds. The summed E-state index contributed by atoms with van der Waals surface area (Å²) in [6, 6.07) is 15.3.